The number of methoxy groups -OCH3 is 1. The summed E-state index contributed by atoms with van der Waals surface area (Å²) in [5.74, 6) is 0.684. The third kappa shape index (κ3) is 7.07. The first kappa shape index (κ1) is 20.3. The Hall–Kier alpha value is -2.03. The van der Waals surface area contributed by atoms with E-state index in [1.54, 1.807) is 7.11 Å². The van der Waals surface area contributed by atoms with Gasteiger partial charge in [-0.25, -0.2) is 4.39 Å². The van der Waals surface area contributed by atoms with E-state index in [0.29, 0.717) is 0 Å². The molecule has 0 heterocycles. The van der Waals surface area contributed by atoms with Crippen LogP contribution in [-0.2, 0) is 6.54 Å². The lowest BCUT2D eigenvalue weighted by Gasteiger charge is -2.25. The van der Waals surface area contributed by atoms with Crippen LogP contribution in [-0.4, -0.2) is 13.7 Å². The molecule has 0 unspecified atom stereocenters. The van der Waals surface area contributed by atoms with E-state index in [0.717, 1.165) is 24.4 Å². The SMILES string of the molecule is CCCCCCCCCN(Cc1ccc(F)cc1)c1ccc(OC)cc1. The highest BCUT2D eigenvalue weighted by Gasteiger charge is 2.08. The Morgan fingerprint density at radius 3 is 2.04 bits per heavy atom. The number of anilines is 1. The molecule has 2 nitrogen and oxygen atoms in total. The predicted octanol–water partition coefficient (Wildman–Crippen LogP) is 6.59. The molecule has 0 bridgehead atoms. The van der Waals surface area contributed by atoms with Gasteiger partial charge in [0.05, 0.1) is 7.11 Å². The summed E-state index contributed by atoms with van der Waals surface area (Å²) in [7, 11) is 1.68. The smallest absolute Gasteiger partial charge is 0.123 e. The van der Waals surface area contributed by atoms with E-state index < -0.39 is 0 Å². The number of halogens is 1. The highest BCUT2D eigenvalue weighted by Crippen LogP contribution is 2.22. The fourth-order valence-corrected chi connectivity index (χ4v) is 3.16. The van der Waals surface area contributed by atoms with Crippen LogP contribution in [0.25, 0.3) is 0 Å². The number of nitrogens with zero attached hydrogens (tertiary/aromatic N) is 1. The number of ether oxygens (including phenoxy) is 1. The summed E-state index contributed by atoms with van der Waals surface area (Å²) in [4.78, 5) is 2.37. The van der Waals surface area contributed by atoms with Crippen molar-refractivity contribution in [2.24, 2.45) is 0 Å². The third-order valence-electron chi connectivity index (χ3n) is 4.76. The molecule has 3 heteroatoms. The van der Waals surface area contributed by atoms with E-state index in [9.17, 15) is 4.39 Å². The number of unbranched alkanes of at least 4 members (excludes halogenated alkanes) is 6. The van der Waals surface area contributed by atoms with Crippen LogP contribution in [0.1, 0.15) is 57.4 Å². The Labute approximate surface area is 158 Å². The second-order valence-corrected chi connectivity index (χ2v) is 6.87. The number of benzene rings is 2. The van der Waals surface area contributed by atoms with Gasteiger partial charge in [-0.2, -0.15) is 0 Å². The molecule has 0 atom stereocenters. The van der Waals surface area contributed by atoms with E-state index >= 15 is 0 Å². The minimum absolute atomic E-state index is 0.183. The summed E-state index contributed by atoms with van der Waals surface area (Å²) in [5.41, 5.74) is 2.31. The van der Waals surface area contributed by atoms with Gasteiger partial charge in [-0.15, -0.1) is 0 Å². The molecule has 26 heavy (non-hydrogen) atoms. The second-order valence-electron chi connectivity index (χ2n) is 6.87. The Morgan fingerprint density at radius 2 is 1.42 bits per heavy atom. The van der Waals surface area contributed by atoms with Crippen molar-refractivity contribution in [3.63, 3.8) is 0 Å². The fraction of sp³-hybridized carbons (Fsp3) is 0.478. The van der Waals surface area contributed by atoms with Crippen LogP contribution in [0.2, 0.25) is 0 Å². The zero-order chi connectivity index (χ0) is 18.6. The number of hydrogen-bond acceptors (Lipinski definition) is 2. The molecule has 2 aromatic carbocycles. The summed E-state index contributed by atoms with van der Waals surface area (Å²) in [6, 6.07) is 15.0. The van der Waals surface area contributed by atoms with Crippen LogP contribution in [0.15, 0.2) is 48.5 Å². The van der Waals surface area contributed by atoms with Gasteiger partial charge in [0.25, 0.3) is 0 Å². The second kappa shape index (κ2) is 11.6. The molecular weight excluding hydrogens is 325 g/mol. The zero-order valence-electron chi connectivity index (χ0n) is 16.2. The molecule has 0 N–H and O–H groups in total. The molecular formula is C23H32FNO. The summed E-state index contributed by atoms with van der Waals surface area (Å²) < 4.78 is 18.4. The minimum atomic E-state index is -0.183. The van der Waals surface area contributed by atoms with Crippen molar-refractivity contribution in [2.45, 2.75) is 58.4 Å². The Balaban J connectivity index is 1.93. The van der Waals surface area contributed by atoms with Gasteiger partial charge in [0.1, 0.15) is 11.6 Å². The monoisotopic (exact) mass is 357 g/mol. The summed E-state index contributed by atoms with van der Waals surface area (Å²) in [5, 5.41) is 0. The van der Waals surface area contributed by atoms with Crippen molar-refractivity contribution < 1.29 is 9.13 Å². The third-order valence-corrected chi connectivity index (χ3v) is 4.76. The largest absolute Gasteiger partial charge is 0.497 e. The van der Waals surface area contributed by atoms with Crippen LogP contribution in [0.4, 0.5) is 10.1 Å². The Morgan fingerprint density at radius 1 is 0.808 bits per heavy atom. The van der Waals surface area contributed by atoms with Gasteiger partial charge in [-0.05, 0) is 48.4 Å². The first-order valence-electron chi connectivity index (χ1n) is 9.86. The molecule has 0 amide bonds. The first-order chi connectivity index (χ1) is 12.7. The van der Waals surface area contributed by atoms with Gasteiger partial charge >= 0.3 is 0 Å². The van der Waals surface area contributed by atoms with Crippen LogP contribution >= 0.6 is 0 Å². The molecule has 0 spiro atoms. The van der Waals surface area contributed by atoms with E-state index in [1.807, 2.05) is 24.3 Å². The van der Waals surface area contributed by atoms with Gasteiger partial charge in [0.15, 0.2) is 0 Å². The fourth-order valence-electron chi connectivity index (χ4n) is 3.16. The van der Waals surface area contributed by atoms with Gasteiger partial charge in [0, 0.05) is 18.8 Å². The van der Waals surface area contributed by atoms with E-state index in [2.05, 4.69) is 24.0 Å². The molecule has 0 radical (unpaired) electrons. The van der Waals surface area contributed by atoms with Crippen LogP contribution in [0, 0.1) is 5.82 Å². The van der Waals surface area contributed by atoms with Crippen molar-refractivity contribution in [1.29, 1.82) is 0 Å². The molecule has 0 aliphatic carbocycles. The maximum absolute atomic E-state index is 13.2. The van der Waals surface area contributed by atoms with Gasteiger partial charge in [-0.3, -0.25) is 0 Å². The van der Waals surface area contributed by atoms with E-state index in [-0.39, 0.29) is 5.82 Å². The van der Waals surface area contributed by atoms with Crippen molar-refractivity contribution in [3.05, 3.63) is 59.9 Å². The molecule has 0 aliphatic heterocycles. The maximum Gasteiger partial charge on any atom is 0.123 e. The molecule has 0 aliphatic rings. The maximum atomic E-state index is 13.2. The number of hydrogen-bond donors (Lipinski definition) is 0. The predicted molar refractivity (Wildman–Crippen MR) is 108 cm³/mol. The normalized spacial score (nSPS) is 10.7. The Kier molecular flexibility index (Phi) is 9.02. The topological polar surface area (TPSA) is 12.5 Å². The molecule has 0 fully saturated rings. The van der Waals surface area contributed by atoms with Crippen LogP contribution < -0.4 is 9.64 Å². The van der Waals surface area contributed by atoms with Crippen molar-refractivity contribution in [2.75, 3.05) is 18.6 Å². The van der Waals surface area contributed by atoms with Gasteiger partial charge in [-0.1, -0.05) is 57.6 Å². The zero-order valence-corrected chi connectivity index (χ0v) is 16.2. The van der Waals surface area contributed by atoms with Crippen molar-refractivity contribution >= 4 is 5.69 Å². The molecule has 2 rings (SSSR count). The summed E-state index contributed by atoms with van der Waals surface area (Å²) in [6.07, 6.45) is 9.10. The van der Waals surface area contributed by atoms with E-state index in [4.69, 9.17) is 4.74 Å². The lowest BCUT2D eigenvalue weighted by molar-refractivity contribution is 0.415. The Bertz CT molecular complexity index is 609. The lowest BCUT2D eigenvalue weighted by Crippen LogP contribution is -2.23. The first-order valence-corrected chi connectivity index (χ1v) is 9.86. The van der Waals surface area contributed by atoms with Crippen LogP contribution in [0.3, 0.4) is 0 Å². The minimum Gasteiger partial charge on any atom is -0.497 e. The summed E-state index contributed by atoms with van der Waals surface area (Å²) in [6.45, 7) is 4.06. The number of rotatable bonds is 12. The lowest BCUT2D eigenvalue weighted by atomic mass is 10.1. The highest BCUT2D eigenvalue weighted by atomic mass is 19.1. The van der Waals surface area contributed by atoms with Crippen molar-refractivity contribution in [1.82, 2.24) is 0 Å². The molecule has 142 valence electrons. The summed E-state index contributed by atoms with van der Waals surface area (Å²) >= 11 is 0. The molecule has 0 aromatic heterocycles. The van der Waals surface area contributed by atoms with Gasteiger partial charge in [0.2, 0.25) is 0 Å². The average molecular weight is 358 g/mol. The van der Waals surface area contributed by atoms with E-state index in [1.165, 1.54) is 62.8 Å². The van der Waals surface area contributed by atoms with Crippen LogP contribution in [0.5, 0.6) is 5.75 Å². The molecule has 0 saturated carbocycles. The quantitative estimate of drug-likeness (QED) is 0.397. The average Bonchev–Trinajstić information content (AvgIpc) is 2.68. The molecule has 0 saturated heterocycles. The van der Waals surface area contributed by atoms with Gasteiger partial charge < -0.3 is 9.64 Å². The van der Waals surface area contributed by atoms with Crippen molar-refractivity contribution in [3.8, 4) is 5.75 Å². The standard InChI is InChI=1S/C23H32FNO/c1-3-4-5-6-7-8-9-18-25(19-20-10-12-21(24)13-11-20)22-14-16-23(26-2)17-15-22/h10-17H,3-9,18-19H2,1-2H3. The highest BCUT2D eigenvalue weighted by molar-refractivity contribution is 5.49. The molecule has 2 aromatic rings.